The van der Waals surface area contributed by atoms with Crippen LogP contribution in [0.1, 0.15) is 30.0 Å². The lowest BCUT2D eigenvalue weighted by atomic mass is 10.1. The third-order valence-corrected chi connectivity index (χ3v) is 4.13. The van der Waals surface area contributed by atoms with Gasteiger partial charge in [-0.15, -0.1) is 24.0 Å². The number of rotatable bonds is 4. The fraction of sp³-hybridized carbons (Fsp3) is 0.500. The summed E-state index contributed by atoms with van der Waals surface area (Å²) in [5, 5.41) is 7.63. The molecule has 0 aromatic carbocycles. The monoisotopic (exact) mass is 470 g/mol. The summed E-state index contributed by atoms with van der Waals surface area (Å²) in [6.07, 6.45) is 3.90. The van der Waals surface area contributed by atoms with Gasteiger partial charge < -0.3 is 15.0 Å². The molecule has 3 heterocycles. The average molecular weight is 470 g/mol. The molecule has 0 bridgehead atoms. The second kappa shape index (κ2) is 9.86. The van der Waals surface area contributed by atoms with Crippen LogP contribution in [-0.4, -0.2) is 51.9 Å². The third kappa shape index (κ3) is 5.41. The summed E-state index contributed by atoms with van der Waals surface area (Å²) < 4.78 is 7.73. The van der Waals surface area contributed by atoms with Gasteiger partial charge in [0.2, 0.25) is 0 Å². The smallest absolute Gasteiger partial charge is 0.194 e. The van der Waals surface area contributed by atoms with Crippen molar-refractivity contribution in [3.63, 3.8) is 0 Å². The van der Waals surface area contributed by atoms with E-state index in [9.17, 15) is 0 Å². The van der Waals surface area contributed by atoms with Gasteiger partial charge in [-0.25, -0.2) is 4.99 Å². The molecule has 7 nitrogen and oxygen atoms in total. The van der Waals surface area contributed by atoms with Crippen molar-refractivity contribution >= 4 is 29.9 Å². The summed E-state index contributed by atoms with van der Waals surface area (Å²) in [4.78, 5) is 11.6. The zero-order valence-corrected chi connectivity index (χ0v) is 17.9. The molecule has 0 spiro atoms. The first kappa shape index (κ1) is 20.6. The van der Waals surface area contributed by atoms with Crippen molar-refractivity contribution in [1.29, 1.82) is 0 Å². The van der Waals surface area contributed by atoms with Crippen molar-refractivity contribution in [2.75, 3.05) is 26.2 Å². The maximum absolute atomic E-state index is 5.92. The molecule has 1 N–H and O–H groups in total. The van der Waals surface area contributed by atoms with Gasteiger partial charge in [-0.05, 0) is 26.0 Å². The highest BCUT2D eigenvalue weighted by Gasteiger charge is 2.25. The molecule has 0 amide bonds. The summed E-state index contributed by atoms with van der Waals surface area (Å²) in [7, 11) is 1.92. The number of hydrogen-bond donors (Lipinski definition) is 1. The van der Waals surface area contributed by atoms with Crippen LogP contribution in [0.3, 0.4) is 0 Å². The van der Waals surface area contributed by atoms with Gasteiger partial charge in [0.1, 0.15) is 6.10 Å². The molecule has 0 aliphatic carbocycles. The van der Waals surface area contributed by atoms with Crippen molar-refractivity contribution in [2.24, 2.45) is 12.0 Å². The van der Waals surface area contributed by atoms with Gasteiger partial charge in [0.15, 0.2) is 5.96 Å². The molecule has 1 saturated heterocycles. The Labute approximate surface area is 171 Å². The Kier molecular flexibility index (Phi) is 7.83. The topological polar surface area (TPSA) is 67.6 Å². The van der Waals surface area contributed by atoms with Crippen LogP contribution in [0.5, 0.6) is 0 Å². The Balaban J connectivity index is 0.00000243. The number of ether oxygens (including phenoxy) is 1. The van der Waals surface area contributed by atoms with E-state index in [0.717, 1.165) is 42.5 Å². The fourth-order valence-corrected chi connectivity index (χ4v) is 2.92. The highest BCUT2D eigenvalue weighted by Crippen LogP contribution is 2.21. The molecule has 0 radical (unpaired) electrons. The number of nitrogens with one attached hydrogen (secondary N) is 1. The van der Waals surface area contributed by atoms with Gasteiger partial charge in [-0.2, -0.15) is 5.10 Å². The SMILES string of the molecule is CCNC(=NCc1cccc(C)n1)N1CCOC(c2cnn(C)c2)C1.I. The van der Waals surface area contributed by atoms with Crippen LogP contribution >= 0.6 is 24.0 Å². The third-order valence-electron chi connectivity index (χ3n) is 4.13. The maximum atomic E-state index is 5.92. The first-order valence-electron chi connectivity index (χ1n) is 8.71. The molecule has 26 heavy (non-hydrogen) atoms. The number of aromatic nitrogens is 3. The van der Waals surface area contributed by atoms with Crippen LogP contribution in [0.25, 0.3) is 0 Å². The number of guanidine groups is 1. The first-order valence-corrected chi connectivity index (χ1v) is 8.71. The normalized spacial score (nSPS) is 17.7. The van der Waals surface area contributed by atoms with Gasteiger partial charge in [0.25, 0.3) is 0 Å². The lowest BCUT2D eigenvalue weighted by Gasteiger charge is -2.34. The number of morpholine rings is 1. The van der Waals surface area contributed by atoms with Crippen LogP contribution in [0.2, 0.25) is 0 Å². The van der Waals surface area contributed by atoms with Crippen molar-refractivity contribution in [3.05, 3.63) is 47.5 Å². The molecule has 1 atom stereocenters. The molecule has 1 aliphatic rings. The lowest BCUT2D eigenvalue weighted by molar-refractivity contribution is -0.00805. The van der Waals surface area contributed by atoms with Crippen LogP contribution in [-0.2, 0) is 18.3 Å². The minimum absolute atomic E-state index is 0. The zero-order valence-electron chi connectivity index (χ0n) is 15.6. The van der Waals surface area contributed by atoms with E-state index >= 15 is 0 Å². The van der Waals surface area contributed by atoms with E-state index in [0.29, 0.717) is 13.2 Å². The van der Waals surface area contributed by atoms with Crippen molar-refractivity contribution in [2.45, 2.75) is 26.5 Å². The second-order valence-electron chi connectivity index (χ2n) is 6.19. The van der Waals surface area contributed by atoms with E-state index in [1.165, 1.54) is 0 Å². The number of pyridine rings is 1. The largest absolute Gasteiger partial charge is 0.370 e. The Morgan fingerprint density at radius 1 is 1.42 bits per heavy atom. The van der Waals surface area contributed by atoms with Gasteiger partial charge >= 0.3 is 0 Å². The van der Waals surface area contributed by atoms with Crippen molar-refractivity contribution in [3.8, 4) is 0 Å². The molecule has 1 unspecified atom stereocenters. The Hall–Kier alpha value is -1.68. The molecule has 3 rings (SSSR count). The van der Waals surface area contributed by atoms with Gasteiger partial charge in [-0.3, -0.25) is 9.67 Å². The predicted molar refractivity (Wildman–Crippen MR) is 113 cm³/mol. The van der Waals surface area contributed by atoms with E-state index in [1.54, 1.807) is 4.68 Å². The lowest BCUT2D eigenvalue weighted by Crippen LogP contribution is -2.48. The minimum Gasteiger partial charge on any atom is -0.370 e. The van der Waals surface area contributed by atoms with Crippen LogP contribution < -0.4 is 5.32 Å². The van der Waals surface area contributed by atoms with Crippen LogP contribution in [0.4, 0.5) is 0 Å². The molecule has 2 aromatic rings. The summed E-state index contributed by atoms with van der Waals surface area (Å²) in [5.74, 6) is 0.906. The van der Waals surface area contributed by atoms with E-state index in [4.69, 9.17) is 9.73 Å². The highest BCUT2D eigenvalue weighted by atomic mass is 127. The van der Waals surface area contributed by atoms with Crippen molar-refractivity contribution < 1.29 is 4.74 Å². The van der Waals surface area contributed by atoms with Crippen LogP contribution in [0, 0.1) is 6.92 Å². The summed E-state index contributed by atoms with van der Waals surface area (Å²) in [5.41, 5.74) is 3.09. The molecule has 1 aliphatic heterocycles. The van der Waals surface area contributed by atoms with E-state index < -0.39 is 0 Å². The molecule has 8 heteroatoms. The summed E-state index contributed by atoms with van der Waals surface area (Å²) in [6.45, 7) is 7.74. The Bertz CT molecular complexity index is 732. The molecule has 142 valence electrons. The highest BCUT2D eigenvalue weighted by molar-refractivity contribution is 14.0. The number of aliphatic imine (C=N–C) groups is 1. The predicted octanol–water partition coefficient (Wildman–Crippen LogP) is 2.28. The Morgan fingerprint density at radius 2 is 2.27 bits per heavy atom. The number of nitrogens with zero attached hydrogens (tertiary/aromatic N) is 5. The average Bonchev–Trinajstić information content (AvgIpc) is 3.05. The minimum atomic E-state index is 0. The molecular weight excluding hydrogens is 443 g/mol. The standard InChI is InChI=1S/C18H26N6O.HI/c1-4-19-18(20-11-16-7-5-6-14(2)22-16)24-8-9-25-17(13-24)15-10-21-23(3)12-15;/h5-7,10,12,17H,4,8-9,11,13H2,1-3H3,(H,19,20);1H. The molecule has 0 saturated carbocycles. The van der Waals surface area contributed by atoms with Gasteiger partial charge in [-0.1, -0.05) is 6.07 Å². The van der Waals surface area contributed by atoms with Crippen molar-refractivity contribution in [1.82, 2.24) is 25.0 Å². The van der Waals surface area contributed by atoms with E-state index in [1.807, 2.05) is 44.6 Å². The molecule has 1 fully saturated rings. The first-order chi connectivity index (χ1) is 12.2. The number of halogens is 1. The Morgan fingerprint density at radius 3 is 2.96 bits per heavy atom. The van der Waals surface area contributed by atoms with Gasteiger partial charge in [0, 0.05) is 37.6 Å². The van der Waals surface area contributed by atoms with Crippen LogP contribution in [0.15, 0.2) is 35.6 Å². The zero-order chi connectivity index (χ0) is 17.6. The molecular formula is C18H27IN6O. The van der Waals surface area contributed by atoms with E-state index in [-0.39, 0.29) is 30.1 Å². The fourth-order valence-electron chi connectivity index (χ4n) is 2.92. The van der Waals surface area contributed by atoms with Gasteiger partial charge in [0.05, 0.1) is 31.6 Å². The number of aryl methyl sites for hydroxylation is 2. The summed E-state index contributed by atoms with van der Waals surface area (Å²) >= 11 is 0. The molecule has 2 aromatic heterocycles. The second-order valence-corrected chi connectivity index (χ2v) is 6.19. The van der Waals surface area contributed by atoms with E-state index in [2.05, 4.69) is 27.2 Å². The summed E-state index contributed by atoms with van der Waals surface area (Å²) in [6, 6.07) is 6.03. The maximum Gasteiger partial charge on any atom is 0.194 e. The number of hydrogen-bond acceptors (Lipinski definition) is 4. The quantitative estimate of drug-likeness (QED) is 0.422.